The molecule has 1 amide bonds. The van der Waals surface area contributed by atoms with Crippen LogP contribution in [0, 0.1) is 0 Å². The maximum absolute atomic E-state index is 11.7. The van der Waals surface area contributed by atoms with Crippen molar-refractivity contribution in [2.75, 3.05) is 5.73 Å². The Hall–Kier alpha value is -2.81. The molecule has 0 heterocycles. The number of primary amides is 1. The molecule has 0 bridgehead atoms. The molecule has 0 spiro atoms. The van der Waals surface area contributed by atoms with Crippen LogP contribution in [-0.4, -0.2) is 5.91 Å². The van der Waals surface area contributed by atoms with Gasteiger partial charge < -0.3 is 11.5 Å². The van der Waals surface area contributed by atoms with E-state index < -0.39 is 5.91 Å². The Kier molecular flexibility index (Phi) is 1.99. The molecule has 0 aliphatic heterocycles. The molecule has 4 N–H and O–H groups in total. The summed E-state index contributed by atoms with van der Waals surface area (Å²) >= 11 is 0. The van der Waals surface area contributed by atoms with Gasteiger partial charge in [-0.2, -0.15) is 0 Å². The molecule has 4 rings (SSSR count). The predicted octanol–water partition coefficient (Wildman–Crippen LogP) is 3.27. The monoisotopic (exact) mass is 260 g/mol. The van der Waals surface area contributed by atoms with Gasteiger partial charge in [-0.3, -0.25) is 4.79 Å². The number of carbonyl (C=O) groups excluding carboxylic acids is 1. The van der Waals surface area contributed by atoms with Gasteiger partial charge in [-0.15, -0.1) is 0 Å². The number of nitrogen functional groups attached to an aromatic ring is 1. The van der Waals surface area contributed by atoms with Crippen LogP contribution in [0.5, 0.6) is 0 Å². The Morgan fingerprint density at radius 1 is 0.850 bits per heavy atom. The summed E-state index contributed by atoms with van der Waals surface area (Å²) in [5.74, 6) is -0.427. The average molecular weight is 260 g/mol. The normalized spacial score (nSPS) is 11.6. The Morgan fingerprint density at radius 3 is 2.35 bits per heavy atom. The van der Waals surface area contributed by atoms with E-state index in [4.69, 9.17) is 11.5 Å². The number of carbonyl (C=O) groups is 1. The second-order valence-corrected chi connectivity index (χ2v) is 5.10. The van der Waals surface area contributed by atoms with E-state index >= 15 is 0 Å². The van der Waals surface area contributed by atoms with Gasteiger partial charge in [0.1, 0.15) is 0 Å². The topological polar surface area (TPSA) is 69.1 Å². The highest BCUT2D eigenvalue weighted by Crippen LogP contribution is 2.37. The molecule has 0 aromatic heterocycles. The van der Waals surface area contributed by atoms with Crippen molar-refractivity contribution in [3.63, 3.8) is 0 Å². The van der Waals surface area contributed by atoms with Crippen molar-refractivity contribution in [3.05, 3.63) is 54.1 Å². The number of nitrogens with two attached hydrogens (primary N) is 2. The van der Waals surface area contributed by atoms with E-state index in [9.17, 15) is 4.79 Å². The summed E-state index contributed by atoms with van der Waals surface area (Å²) in [5.41, 5.74) is 12.6. The minimum Gasteiger partial charge on any atom is -0.399 e. The summed E-state index contributed by atoms with van der Waals surface area (Å²) in [6.45, 7) is 0. The highest BCUT2D eigenvalue weighted by Gasteiger charge is 2.14. The molecule has 4 aromatic rings. The van der Waals surface area contributed by atoms with Crippen molar-refractivity contribution in [3.8, 4) is 0 Å². The zero-order chi connectivity index (χ0) is 13.9. The molecule has 0 aliphatic carbocycles. The Balaban J connectivity index is 2.42. The minimum absolute atomic E-state index is 0.427. The standard InChI is InChI=1S/C17H12N2O/c18-12-6-11-5-4-9-2-1-3-10-7-14(17(19)20)13(8-12)16(11)15(9)10/h1-8H,18H2,(H2,19,20). The molecule has 3 nitrogen and oxygen atoms in total. The lowest BCUT2D eigenvalue weighted by molar-refractivity contribution is 0.100. The molecular formula is C17H12N2O. The van der Waals surface area contributed by atoms with Crippen LogP contribution in [0.1, 0.15) is 10.4 Å². The van der Waals surface area contributed by atoms with Crippen LogP contribution in [0.4, 0.5) is 5.69 Å². The number of rotatable bonds is 1. The number of hydrogen-bond acceptors (Lipinski definition) is 2. The largest absolute Gasteiger partial charge is 0.399 e. The van der Waals surface area contributed by atoms with Gasteiger partial charge in [-0.25, -0.2) is 0 Å². The van der Waals surface area contributed by atoms with Crippen molar-refractivity contribution in [2.45, 2.75) is 0 Å². The third kappa shape index (κ3) is 1.32. The summed E-state index contributed by atoms with van der Waals surface area (Å²) in [7, 11) is 0. The summed E-state index contributed by atoms with van der Waals surface area (Å²) in [6, 6.07) is 15.8. The van der Waals surface area contributed by atoms with Crippen molar-refractivity contribution in [1.82, 2.24) is 0 Å². The number of amides is 1. The second kappa shape index (κ2) is 3.61. The van der Waals surface area contributed by atoms with Crippen LogP contribution in [0.2, 0.25) is 0 Å². The van der Waals surface area contributed by atoms with Gasteiger partial charge in [0, 0.05) is 11.3 Å². The van der Waals surface area contributed by atoms with Crippen molar-refractivity contribution in [2.24, 2.45) is 5.73 Å². The highest BCUT2D eigenvalue weighted by molar-refractivity contribution is 6.27. The molecule has 96 valence electrons. The zero-order valence-corrected chi connectivity index (χ0v) is 10.7. The molecule has 0 saturated carbocycles. The van der Waals surface area contributed by atoms with Crippen LogP contribution >= 0.6 is 0 Å². The van der Waals surface area contributed by atoms with Gasteiger partial charge >= 0.3 is 0 Å². The summed E-state index contributed by atoms with van der Waals surface area (Å²) in [6.07, 6.45) is 0. The summed E-state index contributed by atoms with van der Waals surface area (Å²) < 4.78 is 0. The van der Waals surface area contributed by atoms with Crippen molar-refractivity contribution < 1.29 is 4.79 Å². The molecule has 0 radical (unpaired) electrons. The molecule has 20 heavy (non-hydrogen) atoms. The third-order valence-electron chi connectivity index (χ3n) is 3.87. The molecule has 0 atom stereocenters. The van der Waals surface area contributed by atoms with Gasteiger partial charge in [0.25, 0.3) is 0 Å². The van der Waals surface area contributed by atoms with Crippen molar-refractivity contribution >= 4 is 43.9 Å². The Bertz CT molecular complexity index is 988. The smallest absolute Gasteiger partial charge is 0.249 e. The van der Waals surface area contributed by atoms with E-state index in [2.05, 4.69) is 12.1 Å². The fourth-order valence-corrected chi connectivity index (χ4v) is 3.06. The van der Waals surface area contributed by atoms with E-state index in [0.717, 1.165) is 32.3 Å². The first-order valence-corrected chi connectivity index (χ1v) is 6.42. The number of hydrogen-bond donors (Lipinski definition) is 2. The van der Waals surface area contributed by atoms with Gasteiger partial charge in [-0.1, -0.05) is 30.3 Å². The first kappa shape index (κ1) is 11.1. The van der Waals surface area contributed by atoms with E-state index in [0.29, 0.717) is 11.3 Å². The zero-order valence-electron chi connectivity index (χ0n) is 10.7. The molecular weight excluding hydrogens is 248 g/mol. The van der Waals surface area contributed by atoms with E-state index in [-0.39, 0.29) is 0 Å². The molecule has 3 heteroatoms. The summed E-state index contributed by atoms with van der Waals surface area (Å²) in [4.78, 5) is 11.7. The quantitative estimate of drug-likeness (QED) is 0.407. The van der Waals surface area contributed by atoms with E-state index in [1.807, 2.05) is 36.4 Å². The van der Waals surface area contributed by atoms with Crippen LogP contribution in [0.25, 0.3) is 32.3 Å². The third-order valence-corrected chi connectivity index (χ3v) is 3.87. The maximum Gasteiger partial charge on any atom is 0.249 e. The van der Waals surface area contributed by atoms with Gasteiger partial charge in [0.2, 0.25) is 5.91 Å². The van der Waals surface area contributed by atoms with Crippen LogP contribution in [0.15, 0.2) is 48.5 Å². The minimum atomic E-state index is -0.427. The lowest BCUT2D eigenvalue weighted by Gasteiger charge is -2.13. The van der Waals surface area contributed by atoms with Crippen LogP contribution in [0.3, 0.4) is 0 Å². The Labute approximate surface area is 115 Å². The lowest BCUT2D eigenvalue weighted by Crippen LogP contribution is -2.11. The van der Waals surface area contributed by atoms with Gasteiger partial charge in [0.15, 0.2) is 0 Å². The Morgan fingerprint density at radius 2 is 1.55 bits per heavy atom. The number of benzene rings is 4. The molecule has 0 fully saturated rings. The fourth-order valence-electron chi connectivity index (χ4n) is 3.06. The molecule has 0 saturated heterocycles. The maximum atomic E-state index is 11.7. The number of anilines is 1. The van der Waals surface area contributed by atoms with Gasteiger partial charge in [0.05, 0.1) is 0 Å². The fraction of sp³-hybridized carbons (Fsp3) is 0. The highest BCUT2D eigenvalue weighted by atomic mass is 16.1. The van der Waals surface area contributed by atoms with Crippen LogP contribution < -0.4 is 11.5 Å². The summed E-state index contributed by atoms with van der Waals surface area (Å²) in [5, 5.41) is 6.26. The molecule has 0 aliphatic rings. The molecule has 0 unspecified atom stereocenters. The van der Waals surface area contributed by atoms with E-state index in [1.165, 1.54) is 0 Å². The average Bonchev–Trinajstić information content (AvgIpc) is 2.43. The van der Waals surface area contributed by atoms with Gasteiger partial charge in [-0.05, 0) is 50.5 Å². The first-order chi connectivity index (χ1) is 9.65. The van der Waals surface area contributed by atoms with Crippen LogP contribution in [-0.2, 0) is 0 Å². The van der Waals surface area contributed by atoms with E-state index in [1.54, 1.807) is 0 Å². The van der Waals surface area contributed by atoms with Crippen molar-refractivity contribution in [1.29, 1.82) is 0 Å². The SMILES string of the molecule is NC(=O)c1cc2cccc3ccc4cc(N)cc1c4c32. The first-order valence-electron chi connectivity index (χ1n) is 6.42. The molecule has 4 aromatic carbocycles. The second-order valence-electron chi connectivity index (χ2n) is 5.10. The lowest BCUT2D eigenvalue weighted by atomic mass is 9.91. The predicted molar refractivity (Wildman–Crippen MR) is 83.1 cm³/mol.